The molecule has 1 saturated carbocycles. The van der Waals surface area contributed by atoms with Gasteiger partial charge in [0, 0.05) is 25.4 Å². The summed E-state index contributed by atoms with van der Waals surface area (Å²) in [7, 11) is 1.70. The van der Waals surface area contributed by atoms with Gasteiger partial charge in [0.15, 0.2) is 18.2 Å². The number of rotatable bonds is 1. The van der Waals surface area contributed by atoms with Crippen LogP contribution in [0.25, 0.3) is 0 Å². The molecule has 8 atom stereocenters. The smallest absolute Gasteiger partial charge is 0.201 e. The van der Waals surface area contributed by atoms with Crippen LogP contribution >= 0.6 is 0 Å². The van der Waals surface area contributed by atoms with Gasteiger partial charge in [0.05, 0.1) is 0 Å². The van der Waals surface area contributed by atoms with Crippen LogP contribution in [0.5, 0.6) is 0 Å². The van der Waals surface area contributed by atoms with Crippen molar-refractivity contribution < 1.29 is 24.0 Å². The normalized spacial score (nSPS) is 59.4. The van der Waals surface area contributed by atoms with Crippen molar-refractivity contribution in [3.63, 3.8) is 0 Å². The molecule has 5 nitrogen and oxygen atoms in total. The summed E-state index contributed by atoms with van der Waals surface area (Å²) in [6.07, 6.45) is 3.64. The van der Waals surface area contributed by atoms with E-state index in [1.54, 1.807) is 7.11 Å². The minimum Gasteiger partial charge on any atom is -0.355 e. The monoisotopic (exact) mass is 298 g/mol. The third-order valence-electron chi connectivity index (χ3n) is 6.33. The Kier molecular flexibility index (Phi) is 3.19. The van der Waals surface area contributed by atoms with E-state index in [1.165, 1.54) is 6.42 Å². The Morgan fingerprint density at radius 1 is 1.05 bits per heavy atom. The molecule has 5 fully saturated rings. The Hall–Kier alpha value is -0.200. The van der Waals surface area contributed by atoms with E-state index in [4.69, 9.17) is 24.0 Å². The molecular formula is C16H26O5. The minimum atomic E-state index is -0.698. The molecule has 0 aromatic rings. The van der Waals surface area contributed by atoms with Crippen molar-refractivity contribution >= 4 is 0 Å². The van der Waals surface area contributed by atoms with Crippen molar-refractivity contribution in [1.82, 2.24) is 0 Å². The molecule has 0 aromatic carbocycles. The molecular weight excluding hydrogens is 272 g/mol. The molecule has 0 aromatic heterocycles. The SMILES string of the molecule is CO[C@@H]1OC2OC3(C)CCC4[C@@H](C)CCC([C@@H]1C)[C@]24OO3. The first-order chi connectivity index (χ1) is 10.00. The molecule has 0 amide bonds. The Morgan fingerprint density at radius 2 is 1.86 bits per heavy atom. The molecule has 120 valence electrons. The largest absolute Gasteiger partial charge is 0.355 e. The third kappa shape index (κ3) is 1.81. The predicted octanol–water partition coefficient (Wildman–Crippen LogP) is 2.84. The van der Waals surface area contributed by atoms with Crippen LogP contribution in [0, 0.1) is 23.7 Å². The lowest BCUT2D eigenvalue weighted by Gasteiger charge is -2.60. The van der Waals surface area contributed by atoms with Crippen LogP contribution < -0.4 is 0 Å². The zero-order valence-corrected chi connectivity index (χ0v) is 13.3. The van der Waals surface area contributed by atoms with E-state index in [0.717, 1.165) is 19.3 Å². The van der Waals surface area contributed by atoms with Crippen LogP contribution in [-0.2, 0) is 24.0 Å². The van der Waals surface area contributed by atoms with Crippen molar-refractivity contribution in [2.45, 2.75) is 70.4 Å². The maximum absolute atomic E-state index is 6.21. The second-order valence-corrected chi connectivity index (χ2v) is 7.51. The van der Waals surface area contributed by atoms with Gasteiger partial charge in [-0.05, 0) is 38.0 Å². The van der Waals surface area contributed by atoms with E-state index in [-0.39, 0.29) is 12.2 Å². The van der Waals surface area contributed by atoms with Crippen LogP contribution in [0.2, 0.25) is 0 Å². The van der Waals surface area contributed by atoms with Gasteiger partial charge in [-0.3, -0.25) is 0 Å². The van der Waals surface area contributed by atoms with Crippen molar-refractivity contribution in [1.29, 1.82) is 0 Å². The van der Waals surface area contributed by atoms with Crippen LogP contribution in [0.4, 0.5) is 0 Å². The van der Waals surface area contributed by atoms with E-state index < -0.39 is 17.7 Å². The summed E-state index contributed by atoms with van der Waals surface area (Å²) in [5.74, 6) is 0.953. The second-order valence-electron chi connectivity index (χ2n) is 7.51. The molecule has 1 spiro atoms. The molecule has 4 saturated heterocycles. The fourth-order valence-corrected chi connectivity index (χ4v) is 5.14. The predicted molar refractivity (Wildman–Crippen MR) is 73.8 cm³/mol. The van der Waals surface area contributed by atoms with Gasteiger partial charge in [-0.2, -0.15) is 0 Å². The summed E-state index contributed by atoms with van der Waals surface area (Å²) >= 11 is 0. The van der Waals surface area contributed by atoms with Crippen LogP contribution in [-0.4, -0.2) is 31.1 Å². The van der Waals surface area contributed by atoms with Crippen LogP contribution in [0.1, 0.15) is 46.5 Å². The zero-order chi connectivity index (χ0) is 14.8. The molecule has 2 bridgehead atoms. The Bertz CT molecular complexity index is 429. The van der Waals surface area contributed by atoms with Crippen molar-refractivity contribution in [3.8, 4) is 0 Å². The van der Waals surface area contributed by atoms with Crippen molar-refractivity contribution in [2.24, 2.45) is 23.7 Å². The summed E-state index contributed by atoms with van der Waals surface area (Å²) in [6, 6.07) is 0. The van der Waals surface area contributed by atoms with Crippen LogP contribution in [0.3, 0.4) is 0 Å². The molecule has 5 aliphatic rings. The van der Waals surface area contributed by atoms with Crippen molar-refractivity contribution in [3.05, 3.63) is 0 Å². The number of ether oxygens (including phenoxy) is 3. The quantitative estimate of drug-likeness (QED) is 0.697. The molecule has 4 heterocycles. The number of fused-ring (bicyclic) bond motifs is 2. The highest BCUT2D eigenvalue weighted by atomic mass is 17.3. The molecule has 0 radical (unpaired) electrons. The third-order valence-corrected chi connectivity index (χ3v) is 6.33. The fraction of sp³-hybridized carbons (Fsp3) is 1.00. The van der Waals surface area contributed by atoms with E-state index in [9.17, 15) is 0 Å². The Labute approximate surface area is 126 Å². The van der Waals surface area contributed by atoms with E-state index in [0.29, 0.717) is 17.8 Å². The van der Waals surface area contributed by atoms with Crippen molar-refractivity contribution in [2.75, 3.05) is 7.11 Å². The molecule has 21 heavy (non-hydrogen) atoms. The standard InChI is InChI=1S/C16H26O5/c1-9-5-6-12-10(2)13(17-4)18-14-16(12)11(9)7-8-15(3,19-14)20-21-16/h9-14H,5-8H2,1-4H3/t9-,10-,11?,12?,13+,14?,15?,16-/m0/s1. The van der Waals surface area contributed by atoms with Gasteiger partial charge in [0.2, 0.25) is 5.79 Å². The maximum Gasteiger partial charge on any atom is 0.201 e. The van der Waals surface area contributed by atoms with Gasteiger partial charge in [0.1, 0.15) is 0 Å². The molecule has 4 aliphatic heterocycles. The van der Waals surface area contributed by atoms with E-state index >= 15 is 0 Å². The van der Waals surface area contributed by atoms with Gasteiger partial charge >= 0.3 is 0 Å². The summed E-state index contributed by atoms with van der Waals surface area (Å²) in [4.78, 5) is 11.8. The Morgan fingerprint density at radius 3 is 2.62 bits per heavy atom. The molecule has 0 N–H and O–H groups in total. The first-order valence-corrected chi connectivity index (χ1v) is 8.23. The molecule has 1 aliphatic carbocycles. The highest BCUT2D eigenvalue weighted by Gasteiger charge is 2.69. The number of methoxy groups -OCH3 is 1. The van der Waals surface area contributed by atoms with Gasteiger partial charge in [-0.1, -0.05) is 13.8 Å². The summed E-state index contributed by atoms with van der Waals surface area (Å²) in [5.41, 5.74) is -0.470. The minimum absolute atomic E-state index is 0.230. The van der Waals surface area contributed by atoms with Gasteiger partial charge in [0.25, 0.3) is 0 Å². The lowest BCUT2D eigenvalue weighted by molar-refractivity contribution is -0.577. The average Bonchev–Trinajstić information content (AvgIpc) is 2.69. The summed E-state index contributed by atoms with van der Waals surface area (Å²) < 4.78 is 17.9. The maximum atomic E-state index is 6.21. The van der Waals surface area contributed by atoms with Gasteiger partial charge in [-0.25, -0.2) is 9.78 Å². The molecule has 5 rings (SSSR count). The average molecular weight is 298 g/mol. The summed E-state index contributed by atoms with van der Waals surface area (Å²) in [5, 5.41) is 0. The topological polar surface area (TPSA) is 46.2 Å². The lowest BCUT2D eigenvalue weighted by Crippen LogP contribution is -2.70. The van der Waals surface area contributed by atoms with E-state index in [1.807, 2.05) is 6.92 Å². The summed E-state index contributed by atoms with van der Waals surface area (Å²) in [6.45, 7) is 6.46. The van der Waals surface area contributed by atoms with Gasteiger partial charge in [-0.15, -0.1) is 0 Å². The second kappa shape index (κ2) is 4.65. The Balaban J connectivity index is 1.79. The van der Waals surface area contributed by atoms with Crippen LogP contribution in [0.15, 0.2) is 0 Å². The van der Waals surface area contributed by atoms with Gasteiger partial charge < -0.3 is 14.2 Å². The first-order valence-electron chi connectivity index (χ1n) is 8.23. The molecule has 5 heteroatoms. The molecule has 4 unspecified atom stereocenters. The highest BCUT2D eigenvalue weighted by Crippen LogP contribution is 2.60. The zero-order valence-electron chi connectivity index (χ0n) is 13.3. The lowest BCUT2D eigenvalue weighted by atomic mass is 9.58. The van der Waals surface area contributed by atoms with E-state index in [2.05, 4.69) is 13.8 Å². The number of hydrogen-bond acceptors (Lipinski definition) is 5. The fourth-order valence-electron chi connectivity index (χ4n) is 5.14. The number of hydrogen-bond donors (Lipinski definition) is 0. The highest BCUT2D eigenvalue weighted by molar-refractivity contribution is 5.08. The first kappa shape index (κ1) is 14.4.